The molecule has 1 aromatic carbocycles. The topological polar surface area (TPSA) is 35.6 Å². The van der Waals surface area contributed by atoms with Crippen LogP contribution in [-0.2, 0) is 11.3 Å². The first-order valence-electron chi connectivity index (χ1n) is 7.69. The van der Waals surface area contributed by atoms with E-state index < -0.39 is 0 Å². The first-order valence-corrected chi connectivity index (χ1v) is 8.06. The molecule has 0 aromatic heterocycles. The fraction of sp³-hybridized carbons (Fsp3) is 0.562. The van der Waals surface area contributed by atoms with Crippen LogP contribution in [0.15, 0.2) is 24.3 Å². The minimum absolute atomic E-state index is 0.202. The van der Waals surface area contributed by atoms with E-state index >= 15 is 0 Å². The Balaban J connectivity index is 1.48. The molecule has 3 rings (SSSR count). The standard InChI is InChI=1S/C16H22ClN3O/c17-15-3-1-13(2-4-15)12-19-7-9-20(10-8-19)16(21)14-5-6-18-11-14/h1-4,14,18H,5-12H2. The molecule has 5 heteroatoms. The van der Waals surface area contributed by atoms with E-state index in [1.165, 1.54) is 5.56 Å². The van der Waals surface area contributed by atoms with Crippen molar-refractivity contribution in [2.24, 2.45) is 5.92 Å². The number of benzene rings is 1. The van der Waals surface area contributed by atoms with Crippen molar-refractivity contribution in [2.75, 3.05) is 39.3 Å². The predicted octanol–water partition coefficient (Wildman–Crippen LogP) is 1.59. The average Bonchev–Trinajstić information content (AvgIpc) is 3.04. The lowest BCUT2D eigenvalue weighted by molar-refractivity contribution is -0.136. The molecule has 1 aromatic rings. The van der Waals surface area contributed by atoms with Crippen LogP contribution in [0.4, 0.5) is 0 Å². The van der Waals surface area contributed by atoms with E-state index in [1.807, 2.05) is 17.0 Å². The van der Waals surface area contributed by atoms with Crippen LogP contribution in [0.1, 0.15) is 12.0 Å². The van der Waals surface area contributed by atoms with Crippen molar-refractivity contribution in [3.63, 3.8) is 0 Å². The van der Waals surface area contributed by atoms with Gasteiger partial charge in [-0.15, -0.1) is 0 Å². The van der Waals surface area contributed by atoms with E-state index in [1.54, 1.807) is 0 Å². The number of amides is 1. The van der Waals surface area contributed by atoms with Gasteiger partial charge in [0.2, 0.25) is 5.91 Å². The highest BCUT2D eigenvalue weighted by atomic mass is 35.5. The van der Waals surface area contributed by atoms with Crippen LogP contribution in [0, 0.1) is 5.92 Å². The summed E-state index contributed by atoms with van der Waals surface area (Å²) in [6.07, 6.45) is 0.990. The van der Waals surface area contributed by atoms with Crippen molar-refractivity contribution in [1.29, 1.82) is 0 Å². The smallest absolute Gasteiger partial charge is 0.227 e. The number of carbonyl (C=O) groups is 1. The molecule has 2 heterocycles. The SMILES string of the molecule is O=C(C1CCNC1)N1CCN(Cc2ccc(Cl)cc2)CC1. The molecule has 4 nitrogen and oxygen atoms in total. The van der Waals surface area contributed by atoms with Gasteiger partial charge in [-0.25, -0.2) is 0 Å². The fourth-order valence-electron chi connectivity index (χ4n) is 3.10. The largest absolute Gasteiger partial charge is 0.340 e. The Morgan fingerprint density at radius 2 is 1.90 bits per heavy atom. The Kier molecular flexibility index (Phi) is 4.78. The van der Waals surface area contributed by atoms with Gasteiger partial charge in [0.1, 0.15) is 0 Å². The molecule has 114 valence electrons. The molecule has 2 aliphatic rings. The molecule has 0 saturated carbocycles. The molecule has 2 aliphatic heterocycles. The molecule has 2 saturated heterocycles. The number of hydrogen-bond acceptors (Lipinski definition) is 3. The predicted molar refractivity (Wildman–Crippen MR) is 84.3 cm³/mol. The highest BCUT2D eigenvalue weighted by molar-refractivity contribution is 6.30. The van der Waals surface area contributed by atoms with Crippen molar-refractivity contribution >= 4 is 17.5 Å². The van der Waals surface area contributed by atoms with Crippen molar-refractivity contribution in [3.8, 4) is 0 Å². The van der Waals surface area contributed by atoms with Crippen molar-refractivity contribution < 1.29 is 4.79 Å². The van der Waals surface area contributed by atoms with E-state index in [0.29, 0.717) is 5.91 Å². The Labute approximate surface area is 131 Å². The Bertz CT molecular complexity index is 477. The molecule has 0 bridgehead atoms. The van der Waals surface area contributed by atoms with Gasteiger partial charge in [0.15, 0.2) is 0 Å². The van der Waals surface area contributed by atoms with Gasteiger partial charge in [0, 0.05) is 44.3 Å². The van der Waals surface area contributed by atoms with Crippen molar-refractivity contribution in [2.45, 2.75) is 13.0 Å². The van der Waals surface area contributed by atoms with Crippen LogP contribution in [0.2, 0.25) is 5.02 Å². The summed E-state index contributed by atoms with van der Waals surface area (Å²) in [5, 5.41) is 4.05. The average molecular weight is 308 g/mol. The number of nitrogens with zero attached hydrogens (tertiary/aromatic N) is 2. The molecule has 1 unspecified atom stereocenters. The van der Waals surface area contributed by atoms with Crippen molar-refractivity contribution in [3.05, 3.63) is 34.9 Å². The summed E-state index contributed by atoms with van der Waals surface area (Å²) in [7, 11) is 0. The summed E-state index contributed by atoms with van der Waals surface area (Å²) in [5.74, 6) is 0.541. The lowest BCUT2D eigenvalue weighted by Crippen LogP contribution is -2.50. The first-order chi connectivity index (χ1) is 10.2. The summed E-state index contributed by atoms with van der Waals surface area (Å²) in [6, 6.07) is 8.02. The number of halogens is 1. The van der Waals surface area contributed by atoms with Gasteiger partial charge >= 0.3 is 0 Å². The second-order valence-corrected chi connectivity index (χ2v) is 6.35. The summed E-state index contributed by atoms with van der Waals surface area (Å²) in [6.45, 7) is 6.37. The van der Waals surface area contributed by atoms with Gasteiger partial charge in [-0.1, -0.05) is 23.7 Å². The molecule has 1 N–H and O–H groups in total. The van der Waals surface area contributed by atoms with E-state index in [-0.39, 0.29) is 5.92 Å². The maximum Gasteiger partial charge on any atom is 0.227 e. The van der Waals surface area contributed by atoms with Crippen molar-refractivity contribution in [1.82, 2.24) is 15.1 Å². The normalized spacial score (nSPS) is 23.5. The van der Waals surface area contributed by atoms with E-state index in [9.17, 15) is 4.79 Å². The molecule has 1 atom stereocenters. The van der Waals surface area contributed by atoms with E-state index in [0.717, 1.165) is 57.3 Å². The molecule has 21 heavy (non-hydrogen) atoms. The lowest BCUT2D eigenvalue weighted by Gasteiger charge is -2.36. The molecule has 0 radical (unpaired) electrons. The van der Waals surface area contributed by atoms with Crippen LogP contribution in [0.3, 0.4) is 0 Å². The zero-order valence-corrected chi connectivity index (χ0v) is 13.0. The molecular formula is C16H22ClN3O. The van der Waals surface area contributed by atoms with E-state index in [4.69, 9.17) is 11.6 Å². The molecular weight excluding hydrogens is 286 g/mol. The first kappa shape index (κ1) is 14.8. The van der Waals surface area contributed by atoms with Crippen LogP contribution in [0.5, 0.6) is 0 Å². The zero-order valence-electron chi connectivity index (χ0n) is 12.2. The van der Waals surface area contributed by atoms with Crippen LogP contribution in [0.25, 0.3) is 0 Å². The monoisotopic (exact) mass is 307 g/mol. The van der Waals surface area contributed by atoms with Crippen LogP contribution < -0.4 is 5.32 Å². The highest BCUT2D eigenvalue weighted by Crippen LogP contribution is 2.16. The van der Waals surface area contributed by atoms with E-state index in [2.05, 4.69) is 22.3 Å². The summed E-state index contributed by atoms with van der Waals surface area (Å²) < 4.78 is 0. The second kappa shape index (κ2) is 6.77. The van der Waals surface area contributed by atoms with Gasteiger partial charge in [-0.2, -0.15) is 0 Å². The molecule has 2 fully saturated rings. The summed E-state index contributed by atoms with van der Waals surface area (Å²) in [5.41, 5.74) is 1.28. The number of hydrogen-bond donors (Lipinski definition) is 1. The summed E-state index contributed by atoms with van der Waals surface area (Å²) >= 11 is 5.91. The molecule has 1 amide bonds. The van der Waals surface area contributed by atoms with Gasteiger partial charge in [-0.3, -0.25) is 9.69 Å². The minimum Gasteiger partial charge on any atom is -0.340 e. The highest BCUT2D eigenvalue weighted by Gasteiger charge is 2.29. The Morgan fingerprint density at radius 3 is 2.52 bits per heavy atom. The maximum atomic E-state index is 12.4. The number of nitrogens with one attached hydrogen (secondary N) is 1. The number of rotatable bonds is 3. The quantitative estimate of drug-likeness (QED) is 0.921. The van der Waals surface area contributed by atoms with Crippen LogP contribution in [-0.4, -0.2) is 55.0 Å². The van der Waals surface area contributed by atoms with Gasteiger partial charge < -0.3 is 10.2 Å². The lowest BCUT2D eigenvalue weighted by atomic mass is 10.1. The van der Waals surface area contributed by atoms with Gasteiger partial charge in [-0.05, 0) is 30.7 Å². The summed E-state index contributed by atoms with van der Waals surface area (Å²) in [4.78, 5) is 16.8. The molecule has 0 aliphatic carbocycles. The Hall–Kier alpha value is -1.10. The number of piperazine rings is 1. The van der Waals surface area contributed by atoms with Crippen LogP contribution >= 0.6 is 11.6 Å². The minimum atomic E-state index is 0.202. The Morgan fingerprint density at radius 1 is 1.19 bits per heavy atom. The zero-order chi connectivity index (χ0) is 14.7. The van der Waals surface area contributed by atoms with Gasteiger partial charge in [0.25, 0.3) is 0 Å². The third kappa shape index (κ3) is 3.76. The number of carbonyl (C=O) groups excluding carboxylic acids is 1. The fourth-order valence-corrected chi connectivity index (χ4v) is 3.22. The third-order valence-electron chi connectivity index (χ3n) is 4.41. The maximum absolute atomic E-state index is 12.4. The second-order valence-electron chi connectivity index (χ2n) is 5.92. The third-order valence-corrected chi connectivity index (χ3v) is 4.66. The van der Waals surface area contributed by atoms with Gasteiger partial charge in [0.05, 0.1) is 5.92 Å². The molecule has 0 spiro atoms.